The van der Waals surface area contributed by atoms with E-state index >= 15 is 0 Å². The van der Waals surface area contributed by atoms with Crippen molar-refractivity contribution >= 4 is 19.3 Å². The number of aromatic nitrogens is 1. The van der Waals surface area contributed by atoms with E-state index in [-0.39, 0.29) is 0 Å². The molecular weight excluding hydrogens is 309 g/mol. The molecule has 1 aromatic carbocycles. The van der Waals surface area contributed by atoms with Crippen LogP contribution in [0, 0.1) is 0 Å². The van der Waals surface area contributed by atoms with Crippen molar-refractivity contribution in [2.45, 2.75) is 6.10 Å². The van der Waals surface area contributed by atoms with E-state index in [2.05, 4.69) is 10.3 Å². The molecule has 120 valence electrons. The molecule has 0 bridgehead atoms. The van der Waals surface area contributed by atoms with Crippen LogP contribution in [0.2, 0.25) is 0 Å². The van der Waals surface area contributed by atoms with Crippen LogP contribution in [0.1, 0.15) is 11.7 Å². The fraction of sp³-hybridized carbons (Fsp3) is 0.154. The van der Waals surface area contributed by atoms with Gasteiger partial charge in [0.1, 0.15) is 5.82 Å². The van der Waals surface area contributed by atoms with Crippen molar-refractivity contribution in [1.82, 2.24) is 4.98 Å². The van der Waals surface area contributed by atoms with E-state index in [0.717, 1.165) is 5.56 Å². The van der Waals surface area contributed by atoms with Crippen LogP contribution in [0.25, 0.3) is 0 Å². The number of benzene rings is 1. The van der Waals surface area contributed by atoms with Crippen molar-refractivity contribution in [2.24, 2.45) is 0 Å². The second-order valence-corrected chi connectivity index (χ2v) is 5.29. The molecule has 0 fully saturated rings. The van der Waals surface area contributed by atoms with Crippen LogP contribution in [-0.4, -0.2) is 31.3 Å². The quantitative estimate of drug-likeness (QED) is 0.453. The normalized spacial score (nSPS) is 12.0. The third kappa shape index (κ3) is 7.72. The fourth-order valence-electron chi connectivity index (χ4n) is 1.55. The van der Waals surface area contributed by atoms with Crippen molar-refractivity contribution in [1.29, 1.82) is 0 Å². The Morgan fingerprint density at radius 2 is 1.73 bits per heavy atom. The number of pyridine rings is 1. The summed E-state index contributed by atoms with van der Waals surface area (Å²) in [6.07, 6.45) is 1.09. The zero-order valence-corrected chi connectivity index (χ0v) is 12.5. The minimum atomic E-state index is -4.64. The highest BCUT2D eigenvalue weighted by atomic mass is 31.2. The van der Waals surface area contributed by atoms with Gasteiger partial charge in [-0.05, 0) is 17.7 Å². The summed E-state index contributed by atoms with van der Waals surface area (Å²) in [7, 11) is -4.64. The molecule has 0 saturated heterocycles. The molecule has 0 aliphatic rings. The summed E-state index contributed by atoms with van der Waals surface area (Å²) < 4.78 is 8.88. The molecular formula is C13H18N3O5P. The van der Waals surface area contributed by atoms with Crippen molar-refractivity contribution < 1.29 is 24.4 Å². The lowest BCUT2D eigenvalue weighted by Crippen LogP contribution is -2.13. The molecule has 0 aliphatic carbocycles. The second-order valence-electron chi connectivity index (χ2n) is 4.26. The Morgan fingerprint density at radius 3 is 2.27 bits per heavy atom. The van der Waals surface area contributed by atoms with E-state index in [0.29, 0.717) is 18.1 Å². The van der Waals surface area contributed by atoms with Crippen LogP contribution in [0.15, 0.2) is 48.7 Å². The second kappa shape index (κ2) is 8.47. The van der Waals surface area contributed by atoms with Gasteiger partial charge in [-0.25, -0.2) is 9.55 Å². The molecule has 1 unspecified atom stereocenters. The van der Waals surface area contributed by atoms with E-state index in [1.165, 1.54) is 0 Å². The van der Waals surface area contributed by atoms with Gasteiger partial charge < -0.3 is 30.8 Å². The van der Waals surface area contributed by atoms with Crippen LogP contribution < -0.4 is 11.1 Å². The summed E-state index contributed by atoms with van der Waals surface area (Å²) >= 11 is 0. The first-order valence-electron chi connectivity index (χ1n) is 6.23. The topological polar surface area (TPSA) is 149 Å². The number of hydrogen-bond donors (Lipinski definition) is 6. The largest absolute Gasteiger partial charge is 0.466 e. The van der Waals surface area contributed by atoms with Crippen molar-refractivity contribution in [2.75, 3.05) is 17.6 Å². The number of nitrogen functional groups attached to an aromatic ring is 1. The van der Waals surface area contributed by atoms with E-state index < -0.39 is 13.9 Å². The molecule has 1 heterocycles. The van der Waals surface area contributed by atoms with Gasteiger partial charge in [0.05, 0.1) is 11.8 Å². The molecule has 0 spiro atoms. The Labute approximate surface area is 127 Å². The van der Waals surface area contributed by atoms with Crippen LogP contribution in [0.3, 0.4) is 0 Å². The number of anilines is 2. The van der Waals surface area contributed by atoms with Gasteiger partial charge in [0.25, 0.3) is 0 Å². The van der Waals surface area contributed by atoms with Crippen molar-refractivity contribution in [3.05, 3.63) is 54.2 Å². The molecule has 22 heavy (non-hydrogen) atoms. The summed E-state index contributed by atoms with van der Waals surface area (Å²) in [5, 5.41) is 13.0. The predicted molar refractivity (Wildman–Crippen MR) is 82.8 cm³/mol. The Kier molecular flexibility index (Phi) is 6.97. The average molecular weight is 327 g/mol. The Hall–Kier alpha value is -1.96. The zero-order valence-electron chi connectivity index (χ0n) is 11.6. The molecule has 0 amide bonds. The summed E-state index contributed by atoms with van der Waals surface area (Å²) in [5.74, 6) is 0.600. The first kappa shape index (κ1) is 18.1. The lowest BCUT2D eigenvalue weighted by molar-refractivity contribution is 0.191. The maximum absolute atomic E-state index is 9.94. The van der Waals surface area contributed by atoms with Crippen LogP contribution in [-0.2, 0) is 4.57 Å². The van der Waals surface area contributed by atoms with Gasteiger partial charge in [-0.1, -0.05) is 30.3 Å². The first-order valence-corrected chi connectivity index (χ1v) is 7.79. The molecule has 7 N–H and O–H groups in total. The first-order chi connectivity index (χ1) is 10.3. The van der Waals surface area contributed by atoms with Gasteiger partial charge in [-0.3, -0.25) is 0 Å². The number of rotatable bonds is 4. The Bertz CT molecular complexity index is 612. The molecule has 0 saturated carbocycles. The molecule has 2 aromatic rings. The standard InChI is InChI=1S/C13H15N3O.H3O4P/c14-11-7-4-8-15-13(11)16-9-12(17)10-5-2-1-3-6-10;1-5(2,3)4/h1-8,12,17H,9,14H2,(H,15,16);(H3,1,2,3,4). The third-order valence-corrected chi connectivity index (χ3v) is 2.49. The average Bonchev–Trinajstić information content (AvgIpc) is 2.45. The smallest absolute Gasteiger partial charge is 0.396 e. The van der Waals surface area contributed by atoms with Crippen LogP contribution in [0.4, 0.5) is 11.5 Å². The highest BCUT2D eigenvalue weighted by molar-refractivity contribution is 7.45. The predicted octanol–water partition coefficient (Wildman–Crippen LogP) is 0.881. The lowest BCUT2D eigenvalue weighted by atomic mass is 10.1. The summed E-state index contributed by atoms with van der Waals surface area (Å²) in [6.45, 7) is 0.380. The van der Waals surface area contributed by atoms with E-state index in [1.807, 2.05) is 30.3 Å². The highest BCUT2D eigenvalue weighted by Crippen LogP contribution is 2.25. The molecule has 1 aromatic heterocycles. The molecule has 0 aliphatic heterocycles. The van der Waals surface area contributed by atoms with Crippen molar-refractivity contribution in [3.8, 4) is 0 Å². The minimum absolute atomic E-state index is 0.380. The van der Waals surface area contributed by atoms with Gasteiger partial charge in [-0.2, -0.15) is 0 Å². The Morgan fingerprint density at radius 1 is 1.14 bits per heavy atom. The number of aliphatic hydroxyl groups excluding tert-OH is 1. The summed E-state index contributed by atoms with van der Waals surface area (Å²) in [6, 6.07) is 13.0. The SMILES string of the molecule is Nc1cccnc1NCC(O)c1ccccc1.O=P(O)(O)O. The summed E-state index contributed by atoms with van der Waals surface area (Å²) in [4.78, 5) is 25.7. The van der Waals surface area contributed by atoms with Gasteiger partial charge in [-0.15, -0.1) is 0 Å². The van der Waals surface area contributed by atoms with E-state index in [9.17, 15) is 5.11 Å². The number of nitrogens with two attached hydrogens (primary N) is 1. The van der Waals surface area contributed by atoms with Gasteiger partial charge in [0.15, 0.2) is 0 Å². The molecule has 0 radical (unpaired) electrons. The monoisotopic (exact) mass is 327 g/mol. The van der Waals surface area contributed by atoms with E-state index in [4.69, 9.17) is 25.0 Å². The maximum atomic E-state index is 9.94. The number of phosphoric acid groups is 1. The maximum Gasteiger partial charge on any atom is 0.466 e. The number of hydrogen-bond acceptors (Lipinski definition) is 5. The third-order valence-electron chi connectivity index (χ3n) is 2.49. The van der Waals surface area contributed by atoms with Crippen molar-refractivity contribution in [3.63, 3.8) is 0 Å². The fourth-order valence-corrected chi connectivity index (χ4v) is 1.55. The number of nitrogens with one attached hydrogen (secondary N) is 1. The van der Waals surface area contributed by atoms with E-state index in [1.54, 1.807) is 18.3 Å². The number of nitrogens with zero attached hydrogens (tertiary/aromatic N) is 1. The van der Waals surface area contributed by atoms with Crippen LogP contribution in [0.5, 0.6) is 0 Å². The van der Waals surface area contributed by atoms with Gasteiger partial charge in [0.2, 0.25) is 0 Å². The highest BCUT2D eigenvalue weighted by Gasteiger charge is 2.07. The minimum Gasteiger partial charge on any atom is -0.396 e. The molecule has 1 atom stereocenters. The van der Waals surface area contributed by atoms with Gasteiger partial charge in [0, 0.05) is 12.7 Å². The zero-order chi connectivity index (χ0) is 16.6. The molecule has 2 rings (SSSR count). The Balaban J connectivity index is 0.000000422. The summed E-state index contributed by atoms with van der Waals surface area (Å²) in [5.41, 5.74) is 7.19. The molecule has 8 nitrogen and oxygen atoms in total. The number of aliphatic hydroxyl groups is 1. The van der Waals surface area contributed by atoms with Gasteiger partial charge >= 0.3 is 7.82 Å². The van der Waals surface area contributed by atoms with Crippen LogP contribution >= 0.6 is 7.82 Å². The lowest BCUT2D eigenvalue weighted by Gasteiger charge is -2.13. The molecule has 9 heteroatoms.